The molecule has 0 aliphatic carbocycles. The zero-order valence-electron chi connectivity index (χ0n) is 17.6. The number of benzene rings is 2. The molecule has 0 amide bonds. The number of ether oxygens (including phenoxy) is 3. The lowest BCUT2D eigenvalue weighted by Crippen LogP contribution is -2.10. The fourth-order valence-corrected chi connectivity index (χ4v) is 3.90. The summed E-state index contributed by atoms with van der Waals surface area (Å²) in [5, 5.41) is 26.2. The maximum Gasteiger partial charge on any atom is 0.342 e. The van der Waals surface area contributed by atoms with E-state index in [4.69, 9.17) is 46.9 Å². The van der Waals surface area contributed by atoms with E-state index in [0.29, 0.717) is 22.6 Å². The molecular weight excluding hydrogens is 511 g/mol. The number of carbonyl (C=O) groups is 2. The van der Waals surface area contributed by atoms with Gasteiger partial charge in [0, 0.05) is 11.6 Å². The first-order valence-electron chi connectivity index (χ1n) is 9.23. The molecule has 0 fully saturated rings. The number of hydrogen-bond acceptors (Lipinski definition) is 9. The van der Waals surface area contributed by atoms with Crippen LogP contribution in [-0.2, 0) is 9.59 Å². The number of thioether (sulfide) groups is 1. The van der Waals surface area contributed by atoms with Crippen LogP contribution in [0.25, 0.3) is 17.5 Å². The lowest BCUT2D eigenvalue weighted by molar-refractivity contribution is -0.139. The molecule has 2 N–H and O–H groups in total. The normalized spacial score (nSPS) is 11.2. The van der Waals surface area contributed by atoms with Gasteiger partial charge in [0.1, 0.15) is 16.4 Å². The summed E-state index contributed by atoms with van der Waals surface area (Å²) in [6.45, 7) is -0.635. The zero-order valence-corrected chi connectivity index (χ0v) is 19.9. The van der Waals surface area contributed by atoms with Gasteiger partial charge >= 0.3 is 11.9 Å². The quantitative estimate of drug-likeness (QED) is 0.279. The molecule has 1 aromatic heterocycles. The SMILES string of the molecule is COc1cc(OC)cc(-c2nnc(S/C(=C\c3cc(Cl)c(OCC(=O)O)c(Cl)c3)C(=O)O)o2)c1. The van der Waals surface area contributed by atoms with E-state index in [1.54, 1.807) is 18.2 Å². The molecule has 13 heteroatoms. The molecule has 1 heterocycles. The molecule has 178 valence electrons. The van der Waals surface area contributed by atoms with Crippen molar-refractivity contribution in [1.29, 1.82) is 0 Å². The van der Waals surface area contributed by atoms with Gasteiger partial charge in [-0.05, 0) is 47.7 Å². The van der Waals surface area contributed by atoms with Crippen LogP contribution in [0.5, 0.6) is 17.2 Å². The highest BCUT2D eigenvalue weighted by Crippen LogP contribution is 2.37. The topological polar surface area (TPSA) is 141 Å². The molecule has 0 unspecified atom stereocenters. The Hall–Kier alpha value is -3.41. The third kappa shape index (κ3) is 6.34. The van der Waals surface area contributed by atoms with Crippen LogP contribution in [0.15, 0.2) is 44.9 Å². The second-order valence-corrected chi connectivity index (χ2v) is 8.19. The minimum Gasteiger partial charge on any atom is -0.497 e. The van der Waals surface area contributed by atoms with Crippen LogP contribution in [-0.4, -0.2) is 53.2 Å². The standard InChI is InChI=1S/C21H16Cl2N2O8S/c1-30-12-6-11(7-13(8-12)31-2)19-24-25-21(33-19)34-16(20(28)29)5-10-3-14(22)18(15(23)4-10)32-9-17(26)27/h3-8H,9H2,1-2H3,(H,26,27)(H,28,29)/b16-5-. The van der Waals surface area contributed by atoms with Crippen molar-refractivity contribution in [3.63, 3.8) is 0 Å². The Morgan fingerprint density at radius 2 is 1.65 bits per heavy atom. The molecule has 2 aromatic carbocycles. The van der Waals surface area contributed by atoms with Crippen molar-refractivity contribution in [2.24, 2.45) is 0 Å². The van der Waals surface area contributed by atoms with Gasteiger partial charge in [0.15, 0.2) is 12.4 Å². The van der Waals surface area contributed by atoms with Crippen LogP contribution in [0.3, 0.4) is 0 Å². The van der Waals surface area contributed by atoms with Crippen molar-refractivity contribution in [2.75, 3.05) is 20.8 Å². The monoisotopic (exact) mass is 526 g/mol. The molecular formula is C21H16Cl2N2O8S. The summed E-state index contributed by atoms with van der Waals surface area (Å²) in [6.07, 6.45) is 1.30. The van der Waals surface area contributed by atoms with Crippen LogP contribution in [0.1, 0.15) is 5.56 Å². The van der Waals surface area contributed by atoms with E-state index in [1.165, 1.54) is 32.4 Å². The summed E-state index contributed by atoms with van der Waals surface area (Å²) in [4.78, 5) is 22.3. The third-order valence-electron chi connectivity index (χ3n) is 4.07. The maximum atomic E-state index is 11.8. The molecule has 0 spiro atoms. The van der Waals surface area contributed by atoms with E-state index in [1.807, 2.05) is 0 Å². The van der Waals surface area contributed by atoms with Gasteiger partial charge in [-0.1, -0.05) is 23.2 Å². The molecule has 10 nitrogen and oxygen atoms in total. The number of methoxy groups -OCH3 is 2. The smallest absolute Gasteiger partial charge is 0.342 e. The average Bonchev–Trinajstić information content (AvgIpc) is 3.26. The summed E-state index contributed by atoms with van der Waals surface area (Å²) >= 11 is 13.0. The largest absolute Gasteiger partial charge is 0.497 e. The van der Waals surface area contributed by atoms with Crippen molar-refractivity contribution in [3.8, 4) is 28.7 Å². The predicted molar refractivity (Wildman–Crippen MR) is 124 cm³/mol. The van der Waals surface area contributed by atoms with E-state index < -0.39 is 18.5 Å². The van der Waals surface area contributed by atoms with Gasteiger partial charge in [-0.25, -0.2) is 9.59 Å². The molecule has 0 bridgehead atoms. The number of aromatic nitrogens is 2. The molecule has 3 rings (SSSR count). The lowest BCUT2D eigenvalue weighted by Gasteiger charge is -2.09. The van der Waals surface area contributed by atoms with Crippen LogP contribution >= 0.6 is 35.0 Å². The van der Waals surface area contributed by atoms with Gasteiger partial charge < -0.3 is 28.8 Å². The fourth-order valence-electron chi connectivity index (χ4n) is 2.61. The Balaban J connectivity index is 1.86. The Morgan fingerprint density at radius 3 is 2.18 bits per heavy atom. The summed E-state index contributed by atoms with van der Waals surface area (Å²) < 4.78 is 21.1. The van der Waals surface area contributed by atoms with Crippen molar-refractivity contribution in [2.45, 2.75) is 5.22 Å². The zero-order chi connectivity index (χ0) is 24.8. The second-order valence-electron chi connectivity index (χ2n) is 6.39. The third-order valence-corrected chi connectivity index (χ3v) is 5.48. The molecule has 0 saturated heterocycles. The van der Waals surface area contributed by atoms with Crippen molar-refractivity contribution < 1.29 is 38.4 Å². The molecule has 0 atom stereocenters. The van der Waals surface area contributed by atoms with E-state index in [0.717, 1.165) is 11.8 Å². The van der Waals surface area contributed by atoms with E-state index in [2.05, 4.69) is 10.2 Å². The number of aliphatic carboxylic acids is 2. The van der Waals surface area contributed by atoms with Gasteiger partial charge in [0.25, 0.3) is 5.22 Å². The first-order valence-corrected chi connectivity index (χ1v) is 10.8. The molecule has 0 aliphatic rings. The first kappa shape index (κ1) is 25.2. The summed E-state index contributed by atoms with van der Waals surface area (Å²) in [7, 11) is 3.00. The van der Waals surface area contributed by atoms with Crippen LogP contribution in [0.2, 0.25) is 10.0 Å². The fraction of sp³-hybridized carbons (Fsp3) is 0.143. The highest BCUT2D eigenvalue weighted by Gasteiger charge is 2.18. The maximum absolute atomic E-state index is 11.8. The number of rotatable bonds is 10. The summed E-state index contributed by atoms with van der Waals surface area (Å²) in [5.41, 5.74) is 0.853. The Morgan fingerprint density at radius 1 is 1.03 bits per heavy atom. The minimum atomic E-state index is -1.26. The second kappa shape index (κ2) is 11.1. The Kier molecular flexibility index (Phi) is 8.26. The van der Waals surface area contributed by atoms with Gasteiger partial charge in [-0.15, -0.1) is 10.2 Å². The van der Waals surface area contributed by atoms with E-state index in [9.17, 15) is 14.7 Å². The average molecular weight is 527 g/mol. The highest BCUT2D eigenvalue weighted by atomic mass is 35.5. The first-order chi connectivity index (χ1) is 16.2. The number of carboxylic acid groups (broad SMARTS) is 2. The van der Waals surface area contributed by atoms with Crippen molar-refractivity contribution in [3.05, 3.63) is 50.8 Å². The van der Waals surface area contributed by atoms with Gasteiger partial charge in [0.2, 0.25) is 5.89 Å². The Labute approximate surface area is 207 Å². The summed E-state index contributed by atoms with van der Waals surface area (Å²) in [6, 6.07) is 7.77. The number of carboxylic acids is 2. The van der Waals surface area contributed by atoms with Crippen LogP contribution < -0.4 is 14.2 Å². The lowest BCUT2D eigenvalue weighted by atomic mass is 10.2. The van der Waals surface area contributed by atoms with Crippen LogP contribution in [0.4, 0.5) is 0 Å². The van der Waals surface area contributed by atoms with Crippen molar-refractivity contribution in [1.82, 2.24) is 10.2 Å². The molecule has 0 aliphatic heterocycles. The predicted octanol–water partition coefficient (Wildman–Crippen LogP) is 4.74. The van der Waals surface area contributed by atoms with Gasteiger partial charge in [-0.3, -0.25) is 0 Å². The van der Waals surface area contributed by atoms with Crippen LogP contribution in [0, 0.1) is 0 Å². The van der Waals surface area contributed by atoms with E-state index in [-0.39, 0.29) is 31.8 Å². The minimum absolute atomic E-state index is 0.0155. The van der Waals surface area contributed by atoms with Crippen molar-refractivity contribution >= 4 is 53.0 Å². The molecule has 3 aromatic rings. The highest BCUT2D eigenvalue weighted by molar-refractivity contribution is 8.03. The van der Waals surface area contributed by atoms with Gasteiger partial charge in [0.05, 0.1) is 24.3 Å². The number of halogens is 2. The van der Waals surface area contributed by atoms with E-state index >= 15 is 0 Å². The molecule has 0 radical (unpaired) electrons. The number of hydrogen-bond donors (Lipinski definition) is 2. The molecule has 0 saturated carbocycles. The van der Waals surface area contributed by atoms with Gasteiger partial charge in [-0.2, -0.15) is 0 Å². The summed E-state index contributed by atoms with van der Waals surface area (Å²) in [5.74, 6) is -1.33. The molecule has 34 heavy (non-hydrogen) atoms. The Bertz CT molecular complexity index is 1220. The number of nitrogens with zero attached hydrogens (tertiary/aromatic N) is 2.